The minimum atomic E-state index is -0.408. The van der Waals surface area contributed by atoms with Gasteiger partial charge in [0.05, 0.1) is 0 Å². The number of carbonyl (C=O) groups excluding carboxylic acids is 1. The zero-order valence-corrected chi connectivity index (χ0v) is 12.9. The lowest BCUT2D eigenvalue weighted by atomic mass is 9.85. The van der Waals surface area contributed by atoms with Crippen molar-refractivity contribution >= 4 is 6.09 Å². The van der Waals surface area contributed by atoms with Crippen LogP contribution in [0.2, 0.25) is 0 Å². The minimum absolute atomic E-state index is 0.276. The van der Waals surface area contributed by atoms with Crippen LogP contribution in [0.15, 0.2) is 0 Å². The van der Waals surface area contributed by atoms with Gasteiger partial charge in [0.1, 0.15) is 5.60 Å². The Morgan fingerprint density at radius 1 is 1.05 bits per heavy atom. The van der Waals surface area contributed by atoms with Gasteiger partial charge >= 0.3 is 6.09 Å². The van der Waals surface area contributed by atoms with Crippen molar-refractivity contribution in [3.05, 3.63) is 0 Å². The molecule has 0 spiro atoms. The van der Waals surface area contributed by atoms with Crippen LogP contribution in [0.25, 0.3) is 0 Å². The highest BCUT2D eigenvalue weighted by Crippen LogP contribution is 2.45. The van der Waals surface area contributed by atoms with Gasteiger partial charge in [-0.15, -0.1) is 0 Å². The largest absolute Gasteiger partial charge is 0.444 e. The van der Waals surface area contributed by atoms with Gasteiger partial charge in [-0.05, 0) is 71.1 Å². The highest BCUT2D eigenvalue weighted by atomic mass is 16.6. The summed E-state index contributed by atoms with van der Waals surface area (Å²) in [5.41, 5.74) is -0.408. The molecule has 3 saturated carbocycles. The molecule has 0 radical (unpaired) electrons. The van der Waals surface area contributed by atoms with Gasteiger partial charge in [0.15, 0.2) is 0 Å². The second-order valence-electron chi connectivity index (χ2n) is 7.88. The van der Waals surface area contributed by atoms with Gasteiger partial charge in [-0.1, -0.05) is 0 Å². The average Bonchev–Trinajstić information content (AvgIpc) is 3.09. The Morgan fingerprint density at radius 2 is 1.60 bits per heavy atom. The Labute approximate surface area is 122 Å². The normalized spacial score (nSPS) is 30.0. The highest BCUT2D eigenvalue weighted by molar-refractivity contribution is 5.68. The first-order valence-corrected chi connectivity index (χ1v) is 8.16. The third-order valence-electron chi connectivity index (χ3n) is 4.55. The quantitative estimate of drug-likeness (QED) is 0.814. The van der Waals surface area contributed by atoms with Gasteiger partial charge in [-0.2, -0.15) is 0 Å². The molecule has 0 unspecified atom stereocenters. The number of hydrogen-bond donors (Lipinski definition) is 2. The summed E-state index contributed by atoms with van der Waals surface area (Å²) in [5.74, 6) is 1.89. The van der Waals surface area contributed by atoms with Crippen molar-refractivity contribution in [3.8, 4) is 0 Å². The molecule has 4 heteroatoms. The van der Waals surface area contributed by atoms with E-state index in [4.69, 9.17) is 4.74 Å². The van der Waals surface area contributed by atoms with Crippen LogP contribution in [0.5, 0.6) is 0 Å². The van der Waals surface area contributed by atoms with E-state index >= 15 is 0 Å². The van der Waals surface area contributed by atoms with Crippen molar-refractivity contribution in [2.45, 2.75) is 83.0 Å². The first-order chi connectivity index (χ1) is 9.40. The second-order valence-corrected chi connectivity index (χ2v) is 7.88. The minimum Gasteiger partial charge on any atom is -0.444 e. The molecule has 4 nitrogen and oxygen atoms in total. The average molecular weight is 280 g/mol. The molecule has 0 aromatic heterocycles. The molecule has 0 aromatic carbocycles. The number of nitrogens with one attached hydrogen (secondary N) is 2. The van der Waals surface area contributed by atoms with Gasteiger partial charge in [0.2, 0.25) is 0 Å². The van der Waals surface area contributed by atoms with Gasteiger partial charge in [0.25, 0.3) is 0 Å². The molecule has 0 aliphatic heterocycles. The third-order valence-corrected chi connectivity index (χ3v) is 4.55. The number of alkyl carbamates (subject to hydrolysis) is 1. The van der Waals surface area contributed by atoms with E-state index in [0.717, 1.165) is 30.7 Å². The lowest BCUT2D eigenvalue weighted by Gasteiger charge is -2.39. The molecule has 3 aliphatic rings. The van der Waals surface area contributed by atoms with E-state index in [-0.39, 0.29) is 6.09 Å². The maximum absolute atomic E-state index is 11.7. The van der Waals surface area contributed by atoms with Crippen LogP contribution in [0, 0.1) is 11.8 Å². The summed E-state index contributed by atoms with van der Waals surface area (Å²) in [4.78, 5) is 11.7. The van der Waals surface area contributed by atoms with Crippen LogP contribution >= 0.6 is 0 Å². The number of rotatable bonds is 5. The van der Waals surface area contributed by atoms with Crippen molar-refractivity contribution in [2.24, 2.45) is 11.8 Å². The van der Waals surface area contributed by atoms with Crippen molar-refractivity contribution in [1.82, 2.24) is 10.6 Å². The molecule has 20 heavy (non-hydrogen) atoms. The topological polar surface area (TPSA) is 50.4 Å². The number of amides is 1. The molecule has 3 fully saturated rings. The fraction of sp³-hybridized carbons (Fsp3) is 0.938. The maximum Gasteiger partial charge on any atom is 0.407 e. The summed E-state index contributed by atoms with van der Waals surface area (Å²) in [6.07, 6.45) is 7.49. The Bertz CT molecular complexity index is 351. The van der Waals surface area contributed by atoms with Gasteiger partial charge < -0.3 is 15.4 Å². The van der Waals surface area contributed by atoms with Crippen LogP contribution in [0.3, 0.4) is 0 Å². The van der Waals surface area contributed by atoms with Crippen molar-refractivity contribution in [3.63, 3.8) is 0 Å². The monoisotopic (exact) mass is 280 g/mol. The first kappa shape index (κ1) is 14.2. The zero-order valence-electron chi connectivity index (χ0n) is 12.9. The number of hydrogen-bond acceptors (Lipinski definition) is 3. The van der Waals surface area contributed by atoms with Crippen LogP contribution in [-0.2, 0) is 4.74 Å². The molecule has 0 heterocycles. The van der Waals surface area contributed by atoms with E-state index in [0.29, 0.717) is 12.1 Å². The van der Waals surface area contributed by atoms with Crippen molar-refractivity contribution in [2.75, 3.05) is 0 Å². The Balaban J connectivity index is 1.35. The van der Waals surface area contributed by atoms with Crippen LogP contribution in [-0.4, -0.2) is 29.8 Å². The van der Waals surface area contributed by atoms with E-state index in [9.17, 15) is 4.79 Å². The summed E-state index contributed by atoms with van der Waals surface area (Å²) < 4.78 is 5.29. The molecule has 1 amide bonds. The number of ether oxygens (including phenoxy) is 1. The van der Waals surface area contributed by atoms with Crippen LogP contribution in [0.1, 0.15) is 59.3 Å². The van der Waals surface area contributed by atoms with E-state index in [2.05, 4.69) is 10.6 Å². The van der Waals surface area contributed by atoms with Crippen molar-refractivity contribution < 1.29 is 9.53 Å². The summed E-state index contributed by atoms with van der Waals surface area (Å²) >= 11 is 0. The van der Waals surface area contributed by atoms with E-state index in [1.165, 1.54) is 25.7 Å². The Morgan fingerprint density at radius 3 is 2.05 bits per heavy atom. The van der Waals surface area contributed by atoms with Gasteiger partial charge in [-0.3, -0.25) is 0 Å². The molecule has 0 bridgehead atoms. The van der Waals surface area contributed by atoms with Gasteiger partial charge in [0, 0.05) is 18.1 Å². The summed E-state index contributed by atoms with van der Waals surface area (Å²) in [5, 5.41) is 6.80. The molecule has 3 rings (SSSR count). The lowest BCUT2D eigenvalue weighted by molar-refractivity contribution is 0.0461. The maximum atomic E-state index is 11.7. The lowest BCUT2D eigenvalue weighted by Crippen LogP contribution is -2.56. The molecule has 114 valence electrons. The molecule has 3 aliphatic carbocycles. The summed E-state index contributed by atoms with van der Waals surface area (Å²) in [6, 6.07) is 1.66. The van der Waals surface area contributed by atoms with E-state index in [1.54, 1.807) is 0 Å². The fourth-order valence-corrected chi connectivity index (χ4v) is 3.19. The highest BCUT2D eigenvalue weighted by Gasteiger charge is 2.44. The third kappa shape index (κ3) is 3.87. The first-order valence-electron chi connectivity index (χ1n) is 8.16. The predicted molar refractivity (Wildman–Crippen MR) is 78.6 cm³/mol. The second kappa shape index (κ2) is 5.21. The van der Waals surface area contributed by atoms with E-state index < -0.39 is 5.60 Å². The zero-order chi connectivity index (χ0) is 14.3. The SMILES string of the molecule is CC(C)(C)OC(=O)NC1CC(NC(C2CC2)C2CC2)C1. The fourth-order valence-electron chi connectivity index (χ4n) is 3.19. The molecule has 0 atom stereocenters. The Hall–Kier alpha value is -0.770. The van der Waals surface area contributed by atoms with Crippen LogP contribution < -0.4 is 10.6 Å². The molecule has 2 N–H and O–H groups in total. The molecule has 0 aromatic rings. The van der Waals surface area contributed by atoms with Crippen molar-refractivity contribution in [1.29, 1.82) is 0 Å². The molecular weight excluding hydrogens is 252 g/mol. The summed E-state index contributed by atoms with van der Waals surface area (Å²) in [7, 11) is 0. The molecular formula is C16H28N2O2. The summed E-state index contributed by atoms with van der Waals surface area (Å²) in [6.45, 7) is 5.69. The standard InChI is InChI=1S/C16H28N2O2/c1-16(2,3)20-15(19)18-13-8-12(9-13)17-14(10-4-5-10)11-6-7-11/h10-14,17H,4-9H2,1-3H3,(H,18,19). The Kier molecular flexibility index (Phi) is 3.69. The van der Waals surface area contributed by atoms with Gasteiger partial charge in [-0.25, -0.2) is 4.79 Å². The predicted octanol–water partition coefficient (Wildman–Crippen LogP) is 2.82. The van der Waals surface area contributed by atoms with E-state index in [1.807, 2.05) is 20.8 Å². The molecule has 0 saturated heterocycles. The smallest absolute Gasteiger partial charge is 0.407 e. The number of carbonyl (C=O) groups is 1. The van der Waals surface area contributed by atoms with Crippen LogP contribution in [0.4, 0.5) is 4.79 Å².